The summed E-state index contributed by atoms with van der Waals surface area (Å²) in [7, 11) is 0. The molecule has 0 atom stereocenters. The van der Waals surface area contributed by atoms with E-state index < -0.39 is 0 Å². The Balaban J connectivity index is 1.94. The van der Waals surface area contributed by atoms with E-state index in [1.165, 1.54) is 0 Å². The van der Waals surface area contributed by atoms with Gasteiger partial charge in [0.2, 0.25) is 0 Å². The quantitative estimate of drug-likeness (QED) is 0.541. The first-order valence-corrected chi connectivity index (χ1v) is 7.28. The summed E-state index contributed by atoms with van der Waals surface area (Å²) in [4.78, 5) is 0. The molecule has 3 rings (SSSR count). The van der Waals surface area contributed by atoms with Crippen LogP contribution in [0.25, 0.3) is 11.0 Å². The molecule has 96 valence electrons. The number of furan rings is 1. The Morgan fingerprint density at radius 1 is 0.947 bits per heavy atom. The molecule has 0 aliphatic rings. The van der Waals surface area contributed by atoms with Crippen molar-refractivity contribution in [3.05, 3.63) is 68.3 Å². The minimum Gasteiger partial charge on any atom is -0.461 e. The Morgan fingerprint density at radius 2 is 1.79 bits per heavy atom. The highest BCUT2D eigenvalue weighted by Crippen LogP contribution is 2.27. The molecule has 1 heterocycles. The van der Waals surface area contributed by atoms with E-state index in [-0.39, 0.29) is 0 Å². The lowest BCUT2D eigenvalue weighted by Gasteiger charge is -2.00. The summed E-state index contributed by atoms with van der Waals surface area (Å²) in [5.74, 6) is 0.909. The van der Waals surface area contributed by atoms with E-state index in [0.717, 1.165) is 26.8 Å². The van der Waals surface area contributed by atoms with Crippen LogP contribution in [0, 0.1) is 0 Å². The van der Waals surface area contributed by atoms with E-state index in [1.54, 1.807) is 6.07 Å². The van der Waals surface area contributed by atoms with Gasteiger partial charge >= 0.3 is 0 Å². The molecular formula is C15H9BrCl2O. The van der Waals surface area contributed by atoms with Crippen molar-refractivity contribution < 1.29 is 4.42 Å². The summed E-state index contributed by atoms with van der Waals surface area (Å²) in [6.07, 6.45) is 0.698. The topological polar surface area (TPSA) is 13.1 Å². The maximum Gasteiger partial charge on any atom is 0.134 e. The second kappa shape index (κ2) is 5.20. The van der Waals surface area contributed by atoms with E-state index in [4.69, 9.17) is 27.6 Å². The van der Waals surface area contributed by atoms with Gasteiger partial charge in [-0.1, -0.05) is 45.2 Å². The molecule has 0 aliphatic carbocycles. The Hall–Kier alpha value is -0.960. The van der Waals surface area contributed by atoms with Gasteiger partial charge in [-0.2, -0.15) is 0 Å². The molecule has 0 radical (unpaired) electrons. The van der Waals surface area contributed by atoms with Crippen molar-refractivity contribution in [2.75, 3.05) is 0 Å². The fourth-order valence-corrected chi connectivity index (χ4v) is 2.71. The van der Waals surface area contributed by atoms with Gasteiger partial charge in [-0.25, -0.2) is 0 Å². The summed E-state index contributed by atoms with van der Waals surface area (Å²) in [6, 6.07) is 13.6. The van der Waals surface area contributed by atoms with Crippen LogP contribution in [0.2, 0.25) is 10.0 Å². The van der Waals surface area contributed by atoms with Crippen LogP contribution in [0.3, 0.4) is 0 Å². The Labute approximate surface area is 129 Å². The molecule has 0 spiro atoms. The number of rotatable bonds is 2. The molecule has 0 amide bonds. The van der Waals surface area contributed by atoms with Crippen LogP contribution in [0.1, 0.15) is 11.3 Å². The summed E-state index contributed by atoms with van der Waals surface area (Å²) in [6.45, 7) is 0. The van der Waals surface area contributed by atoms with Crippen LogP contribution in [-0.2, 0) is 6.42 Å². The van der Waals surface area contributed by atoms with Gasteiger partial charge < -0.3 is 4.42 Å². The van der Waals surface area contributed by atoms with Crippen molar-refractivity contribution in [1.82, 2.24) is 0 Å². The number of halogens is 3. The molecule has 0 bridgehead atoms. The molecule has 0 unspecified atom stereocenters. The zero-order chi connectivity index (χ0) is 13.4. The number of benzene rings is 2. The smallest absolute Gasteiger partial charge is 0.134 e. The Kier molecular flexibility index (Phi) is 3.57. The van der Waals surface area contributed by atoms with Gasteiger partial charge in [-0.3, -0.25) is 0 Å². The highest BCUT2D eigenvalue weighted by Gasteiger charge is 2.06. The van der Waals surface area contributed by atoms with E-state index in [9.17, 15) is 0 Å². The van der Waals surface area contributed by atoms with Crippen LogP contribution < -0.4 is 0 Å². The molecule has 1 aromatic heterocycles. The monoisotopic (exact) mass is 354 g/mol. The van der Waals surface area contributed by atoms with Crippen molar-refractivity contribution >= 4 is 50.1 Å². The SMILES string of the molecule is Clc1ccc(Cc2cc3cc(Br)ccc3o2)cc1Cl. The van der Waals surface area contributed by atoms with Gasteiger partial charge in [0.25, 0.3) is 0 Å². The van der Waals surface area contributed by atoms with Crippen molar-refractivity contribution in [2.45, 2.75) is 6.42 Å². The third-order valence-corrected chi connectivity index (χ3v) is 4.12. The average molecular weight is 356 g/mol. The first-order chi connectivity index (χ1) is 9.11. The molecule has 0 fully saturated rings. The van der Waals surface area contributed by atoms with Crippen molar-refractivity contribution in [3.8, 4) is 0 Å². The predicted octanol–water partition coefficient (Wildman–Crippen LogP) is 6.09. The van der Waals surface area contributed by atoms with Gasteiger partial charge in [0, 0.05) is 16.3 Å². The summed E-state index contributed by atoms with van der Waals surface area (Å²) < 4.78 is 6.84. The Bertz CT molecular complexity index is 749. The lowest BCUT2D eigenvalue weighted by atomic mass is 10.1. The first kappa shape index (κ1) is 13.0. The van der Waals surface area contributed by atoms with E-state index in [0.29, 0.717) is 16.5 Å². The standard InChI is InChI=1S/C15H9BrCl2O/c16-11-2-4-15-10(7-11)8-12(19-15)5-9-1-3-13(17)14(18)6-9/h1-4,6-8H,5H2. The summed E-state index contributed by atoms with van der Waals surface area (Å²) >= 11 is 15.4. The fraction of sp³-hybridized carbons (Fsp3) is 0.0667. The normalized spacial score (nSPS) is 11.1. The van der Waals surface area contributed by atoms with Crippen LogP contribution in [0.15, 0.2) is 51.4 Å². The van der Waals surface area contributed by atoms with Crippen molar-refractivity contribution in [3.63, 3.8) is 0 Å². The van der Waals surface area contributed by atoms with Crippen LogP contribution >= 0.6 is 39.1 Å². The average Bonchev–Trinajstić information content (AvgIpc) is 2.75. The largest absolute Gasteiger partial charge is 0.461 e. The minimum absolute atomic E-state index is 0.568. The van der Waals surface area contributed by atoms with E-state index in [2.05, 4.69) is 15.9 Å². The molecular weight excluding hydrogens is 347 g/mol. The zero-order valence-electron chi connectivity index (χ0n) is 9.79. The minimum atomic E-state index is 0.568. The maximum atomic E-state index is 6.01. The maximum absolute atomic E-state index is 6.01. The van der Waals surface area contributed by atoms with Crippen molar-refractivity contribution in [1.29, 1.82) is 0 Å². The zero-order valence-corrected chi connectivity index (χ0v) is 12.9. The van der Waals surface area contributed by atoms with Gasteiger partial charge in [0.1, 0.15) is 11.3 Å². The molecule has 2 aromatic carbocycles. The van der Waals surface area contributed by atoms with Gasteiger partial charge in [-0.15, -0.1) is 0 Å². The molecule has 0 aliphatic heterocycles. The van der Waals surface area contributed by atoms with Gasteiger partial charge in [0.05, 0.1) is 10.0 Å². The van der Waals surface area contributed by atoms with Crippen LogP contribution in [0.5, 0.6) is 0 Å². The molecule has 0 saturated carbocycles. The van der Waals surface area contributed by atoms with Gasteiger partial charge in [0.15, 0.2) is 0 Å². The molecule has 0 N–H and O–H groups in total. The molecule has 19 heavy (non-hydrogen) atoms. The predicted molar refractivity (Wildman–Crippen MR) is 83.2 cm³/mol. The highest BCUT2D eigenvalue weighted by molar-refractivity contribution is 9.10. The number of hydrogen-bond donors (Lipinski definition) is 0. The van der Waals surface area contributed by atoms with Crippen LogP contribution in [0.4, 0.5) is 0 Å². The molecule has 4 heteroatoms. The van der Waals surface area contributed by atoms with Crippen molar-refractivity contribution in [2.24, 2.45) is 0 Å². The van der Waals surface area contributed by atoms with E-state index >= 15 is 0 Å². The number of fused-ring (bicyclic) bond motifs is 1. The second-order valence-electron chi connectivity index (χ2n) is 4.32. The van der Waals surface area contributed by atoms with E-state index in [1.807, 2.05) is 36.4 Å². The Morgan fingerprint density at radius 3 is 2.58 bits per heavy atom. The second-order valence-corrected chi connectivity index (χ2v) is 6.05. The summed E-state index contributed by atoms with van der Waals surface area (Å²) in [5, 5.41) is 2.22. The molecule has 0 saturated heterocycles. The lowest BCUT2D eigenvalue weighted by molar-refractivity contribution is 0.563. The van der Waals surface area contributed by atoms with Crippen LogP contribution in [-0.4, -0.2) is 0 Å². The molecule has 3 aromatic rings. The fourth-order valence-electron chi connectivity index (χ4n) is 2.01. The third-order valence-electron chi connectivity index (χ3n) is 2.89. The lowest BCUT2D eigenvalue weighted by Crippen LogP contribution is -1.85. The van der Waals surface area contributed by atoms with Gasteiger partial charge in [-0.05, 0) is 42.0 Å². The molecule has 1 nitrogen and oxygen atoms in total. The third kappa shape index (κ3) is 2.81. The summed E-state index contributed by atoms with van der Waals surface area (Å²) in [5.41, 5.74) is 1.96. The highest BCUT2D eigenvalue weighted by atomic mass is 79.9. The number of hydrogen-bond acceptors (Lipinski definition) is 1. The first-order valence-electron chi connectivity index (χ1n) is 5.74.